The Morgan fingerprint density at radius 2 is 2.07 bits per heavy atom. The van der Waals surface area contributed by atoms with Gasteiger partial charge >= 0.3 is 0 Å². The highest BCUT2D eigenvalue weighted by Crippen LogP contribution is 2.43. The lowest BCUT2D eigenvalue weighted by molar-refractivity contribution is 0.182. The zero-order valence-corrected chi connectivity index (χ0v) is 9.45. The number of nitrogens with two attached hydrogens (primary N) is 1. The fraction of sp³-hybridized carbons (Fsp3) is 0.846. The predicted octanol–water partition coefficient (Wildman–Crippen LogP) is 2.96. The van der Waals surface area contributed by atoms with Crippen molar-refractivity contribution in [3.8, 4) is 0 Å². The Bertz CT molecular complexity index is 219. The Morgan fingerprint density at radius 1 is 1.29 bits per heavy atom. The molecule has 2 bridgehead atoms. The highest BCUT2D eigenvalue weighted by atomic mass is 14.6. The molecule has 0 saturated heterocycles. The summed E-state index contributed by atoms with van der Waals surface area (Å²) in [6.45, 7) is 4.44. The lowest BCUT2D eigenvalue weighted by Gasteiger charge is -2.39. The molecule has 1 saturated carbocycles. The second-order valence-corrected chi connectivity index (χ2v) is 5.45. The third-order valence-corrected chi connectivity index (χ3v) is 4.28. The van der Waals surface area contributed by atoms with Crippen molar-refractivity contribution in [3.63, 3.8) is 0 Å². The number of allylic oxidation sites excluding steroid dienone is 2. The second kappa shape index (κ2) is 4.06. The third kappa shape index (κ3) is 2.03. The van der Waals surface area contributed by atoms with Crippen LogP contribution >= 0.6 is 0 Å². The highest BCUT2D eigenvalue weighted by molar-refractivity contribution is 5.06. The van der Waals surface area contributed by atoms with E-state index >= 15 is 0 Å². The average molecular weight is 193 g/mol. The summed E-state index contributed by atoms with van der Waals surface area (Å²) in [6.07, 6.45) is 10.5. The van der Waals surface area contributed by atoms with Gasteiger partial charge in [0.15, 0.2) is 0 Å². The molecule has 0 heterocycles. The van der Waals surface area contributed by atoms with Gasteiger partial charge in [-0.2, -0.15) is 0 Å². The van der Waals surface area contributed by atoms with Gasteiger partial charge in [-0.3, -0.25) is 0 Å². The minimum Gasteiger partial charge on any atom is -0.328 e. The first-order chi connectivity index (χ1) is 6.66. The zero-order chi connectivity index (χ0) is 10.1. The van der Waals surface area contributed by atoms with Crippen molar-refractivity contribution >= 4 is 0 Å². The third-order valence-electron chi connectivity index (χ3n) is 4.28. The van der Waals surface area contributed by atoms with E-state index in [2.05, 4.69) is 26.0 Å². The molecule has 14 heavy (non-hydrogen) atoms. The molecule has 3 rings (SSSR count). The fourth-order valence-corrected chi connectivity index (χ4v) is 3.01. The molecule has 3 aliphatic carbocycles. The number of hydrogen-bond acceptors (Lipinski definition) is 1. The van der Waals surface area contributed by atoms with Crippen LogP contribution in [-0.2, 0) is 0 Å². The van der Waals surface area contributed by atoms with Crippen LogP contribution in [0.3, 0.4) is 0 Å². The van der Waals surface area contributed by atoms with Crippen molar-refractivity contribution in [3.05, 3.63) is 12.2 Å². The summed E-state index contributed by atoms with van der Waals surface area (Å²) in [7, 11) is 0. The van der Waals surface area contributed by atoms with Crippen LogP contribution in [-0.4, -0.2) is 6.04 Å². The van der Waals surface area contributed by atoms with Crippen LogP contribution in [0.25, 0.3) is 0 Å². The van der Waals surface area contributed by atoms with Gasteiger partial charge in [-0.15, -0.1) is 0 Å². The molecule has 0 aromatic heterocycles. The largest absolute Gasteiger partial charge is 0.328 e. The molecule has 1 nitrogen and oxygen atoms in total. The Morgan fingerprint density at radius 3 is 2.50 bits per heavy atom. The molecule has 2 N–H and O–H groups in total. The number of fused-ring (bicyclic) bond motifs is 2. The van der Waals surface area contributed by atoms with Crippen molar-refractivity contribution in [1.29, 1.82) is 0 Å². The van der Waals surface area contributed by atoms with Gasteiger partial charge in [0, 0.05) is 6.04 Å². The summed E-state index contributed by atoms with van der Waals surface area (Å²) < 4.78 is 0. The summed E-state index contributed by atoms with van der Waals surface area (Å²) in [5, 5.41) is 0. The lowest BCUT2D eigenvalue weighted by atomic mass is 9.66. The standard InChI is InChI=1S/C13H23N/c1-9(10(2)14)7-13-8-11-3-5-12(13)6-4-11/h3,5,9-13H,4,6-8,14H2,1-2H3. The first-order valence-corrected chi connectivity index (χ1v) is 6.10. The van der Waals surface area contributed by atoms with Crippen molar-refractivity contribution in [2.75, 3.05) is 0 Å². The summed E-state index contributed by atoms with van der Waals surface area (Å²) in [5.41, 5.74) is 5.93. The molecule has 0 spiro atoms. The normalized spacial score (nSPS) is 39.8. The van der Waals surface area contributed by atoms with E-state index in [0.717, 1.165) is 17.8 Å². The van der Waals surface area contributed by atoms with Crippen LogP contribution in [0.4, 0.5) is 0 Å². The Labute approximate surface area is 87.8 Å². The summed E-state index contributed by atoms with van der Waals surface area (Å²) >= 11 is 0. The molecule has 1 heteroatoms. The van der Waals surface area contributed by atoms with Gasteiger partial charge in [0.25, 0.3) is 0 Å². The molecule has 0 aliphatic heterocycles. The predicted molar refractivity (Wildman–Crippen MR) is 60.9 cm³/mol. The fourth-order valence-electron chi connectivity index (χ4n) is 3.01. The molecule has 0 radical (unpaired) electrons. The van der Waals surface area contributed by atoms with Crippen LogP contribution in [0.1, 0.15) is 39.5 Å². The van der Waals surface area contributed by atoms with Gasteiger partial charge in [-0.25, -0.2) is 0 Å². The highest BCUT2D eigenvalue weighted by Gasteiger charge is 2.32. The van der Waals surface area contributed by atoms with E-state index in [0.29, 0.717) is 12.0 Å². The SMILES string of the molecule is CC(N)C(C)CC1CC2C=CC1CC2. The Kier molecular flexibility index (Phi) is 2.96. The molecule has 3 aliphatic rings. The zero-order valence-electron chi connectivity index (χ0n) is 9.45. The smallest absolute Gasteiger partial charge is 0.00362 e. The van der Waals surface area contributed by atoms with Gasteiger partial charge in [0.05, 0.1) is 0 Å². The Hall–Kier alpha value is -0.300. The molecule has 0 aromatic carbocycles. The van der Waals surface area contributed by atoms with Crippen molar-refractivity contribution in [1.82, 2.24) is 0 Å². The maximum atomic E-state index is 5.93. The molecule has 0 amide bonds. The molecular weight excluding hydrogens is 170 g/mol. The maximum Gasteiger partial charge on any atom is 0.00362 e. The van der Waals surface area contributed by atoms with Crippen LogP contribution in [0.15, 0.2) is 12.2 Å². The molecule has 80 valence electrons. The summed E-state index contributed by atoms with van der Waals surface area (Å²) in [4.78, 5) is 0. The van der Waals surface area contributed by atoms with Crippen LogP contribution in [0.2, 0.25) is 0 Å². The Balaban J connectivity index is 1.91. The maximum absolute atomic E-state index is 5.93. The van der Waals surface area contributed by atoms with E-state index in [1.54, 1.807) is 0 Å². The van der Waals surface area contributed by atoms with E-state index in [9.17, 15) is 0 Å². The second-order valence-electron chi connectivity index (χ2n) is 5.45. The molecule has 5 atom stereocenters. The monoisotopic (exact) mass is 193 g/mol. The quantitative estimate of drug-likeness (QED) is 0.685. The first kappa shape index (κ1) is 10.2. The van der Waals surface area contributed by atoms with E-state index < -0.39 is 0 Å². The van der Waals surface area contributed by atoms with Crippen molar-refractivity contribution in [2.45, 2.75) is 45.6 Å². The van der Waals surface area contributed by atoms with E-state index in [-0.39, 0.29) is 0 Å². The topological polar surface area (TPSA) is 26.0 Å². The van der Waals surface area contributed by atoms with Crippen LogP contribution < -0.4 is 5.73 Å². The van der Waals surface area contributed by atoms with Crippen molar-refractivity contribution in [2.24, 2.45) is 29.4 Å². The summed E-state index contributed by atoms with van der Waals surface area (Å²) in [5.74, 6) is 3.39. The van der Waals surface area contributed by atoms with Crippen LogP contribution in [0, 0.1) is 23.7 Å². The lowest BCUT2D eigenvalue weighted by Crippen LogP contribution is -2.32. The van der Waals surface area contributed by atoms with Gasteiger partial charge < -0.3 is 5.73 Å². The molecule has 1 fully saturated rings. The van der Waals surface area contributed by atoms with E-state index in [1.807, 2.05) is 0 Å². The average Bonchev–Trinajstić information content (AvgIpc) is 2.19. The van der Waals surface area contributed by atoms with Gasteiger partial charge in [0.2, 0.25) is 0 Å². The van der Waals surface area contributed by atoms with Gasteiger partial charge in [-0.1, -0.05) is 19.1 Å². The van der Waals surface area contributed by atoms with Gasteiger partial charge in [0.1, 0.15) is 0 Å². The number of rotatable bonds is 3. The summed E-state index contributed by atoms with van der Waals surface area (Å²) in [6, 6.07) is 0.361. The van der Waals surface area contributed by atoms with Crippen molar-refractivity contribution < 1.29 is 0 Å². The minimum atomic E-state index is 0.361. The van der Waals surface area contributed by atoms with E-state index in [4.69, 9.17) is 5.73 Å². The van der Waals surface area contributed by atoms with Gasteiger partial charge in [-0.05, 0) is 56.3 Å². The molecule has 0 aromatic rings. The molecule has 5 unspecified atom stereocenters. The van der Waals surface area contributed by atoms with E-state index in [1.165, 1.54) is 25.7 Å². The minimum absolute atomic E-state index is 0.361. The van der Waals surface area contributed by atoms with Crippen LogP contribution in [0.5, 0.6) is 0 Å². The molecular formula is C13H23N. The number of hydrogen-bond donors (Lipinski definition) is 1. The first-order valence-electron chi connectivity index (χ1n) is 6.10.